The molecular weight excluding hydrogens is 266 g/mol. The number of carbonyl (C=O) groups excluding carboxylic acids is 1. The molecule has 20 heavy (non-hydrogen) atoms. The monoisotopic (exact) mass is 283 g/mol. The fraction of sp³-hybridized carbons (Fsp3) is 0.235. The van der Waals surface area contributed by atoms with Gasteiger partial charge in [-0.1, -0.05) is 48.5 Å². The number of amides is 1. The topological polar surface area (TPSA) is 20.3 Å². The predicted molar refractivity (Wildman–Crippen MR) is 85.2 cm³/mol. The summed E-state index contributed by atoms with van der Waals surface area (Å²) in [5.74, 6) is 0.167. The smallest absolute Gasteiger partial charge is 0.252 e. The highest BCUT2D eigenvalue weighted by Crippen LogP contribution is 2.51. The first-order valence-corrected chi connectivity index (χ1v) is 8.00. The number of para-hydroxylation sites is 1. The zero-order valence-electron chi connectivity index (χ0n) is 11.7. The average molecular weight is 283 g/mol. The Balaban J connectivity index is 2.29. The first-order chi connectivity index (χ1) is 9.75. The molecule has 2 aromatic rings. The molecule has 1 atom stereocenters. The molecule has 0 aliphatic carbocycles. The van der Waals surface area contributed by atoms with Gasteiger partial charge in [0, 0.05) is 17.8 Å². The Morgan fingerprint density at radius 1 is 1.05 bits per heavy atom. The van der Waals surface area contributed by atoms with Crippen LogP contribution in [0.1, 0.15) is 18.1 Å². The molecule has 2 nitrogen and oxygen atoms in total. The summed E-state index contributed by atoms with van der Waals surface area (Å²) in [5, 5.41) is 0. The average Bonchev–Trinajstić information content (AvgIpc) is 2.76. The van der Waals surface area contributed by atoms with Crippen molar-refractivity contribution in [3.05, 3.63) is 65.7 Å². The van der Waals surface area contributed by atoms with Crippen LogP contribution in [0, 0.1) is 0 Å². The van der Waals surface area contributed by atoms with E-state index in [0.29, 0.717) is 6.54 Å². The van der Waals surface area contributed by atoms with Crippen molar-refractivity contribution in [3.63, 3.8) is 0 Å². The van der Waals surface area contributed by atoms with Crippen LogP contribution in [0.15, 0.2) is 54.6 Å². The fourth-order valence-electron chi connectivity index (χ4n) is 3.00. The normalized spacial score (nSPS) is 21.1. The third-order valence-corrected chi connectivity index (χ3v) is 5.17. The van der Waals surface area contributed by atoms with E-state index in [0.717, 1.165) is 16.8 Å². The summed E-state index contributed by atoms with van der Waals surface area (Å²) >= 11 is 1.61. The lowest BCUT2D eigenvalue weighted by molar-refractivity contribution is -0.119. The van der Waals surface area contributed by atoms with Gasteiger partial charge < -0.3 is 4.90 Å². The van der Waals surface area contributed by atoms with Crippen LogP contribution in [-0.4, -0.2) is 18.7 Å². The number of benzene rings is 2. The van der Waals surface area contributed by atoms with Crippen molar-refractivity contribution in [2.24, 2.45) is 0 Å². The number of likely N-dealkylation sites (N-methyl/N-ethyl adjacent to an activating group) is 1. The lowest BCUT2D eigenvalue weighted by Gasteiger charge is -2.27. The fourth-order valence-corrected chi connectivity index (χ4v) is 4.05. The molecule has 0 fully saturated rings. The van der Waals surface area contributed by atoms with E-state index in [1.165, 1.54) is 0 Å². The molecule has 3 rings (SSSR count). The largest absolute Gasteiger partial charge is 0.311 e. The summed E-state index contributed by atoms with van der Waals surface area (Å²) in [5.41, 5.74) is 3.20. The minimum Gasteiger partial charge on any atom is -0.311 e. The summed E-state index contributed by atoms with van der Waals surface area (Å²) in [4.78, 5) is 14.9. The molecular formula is C17H17NOS. The summed E-state index contributed by atoms with van der Waals surface area (Å²) < 4.78 is -0.603. The Morgan fingerprint density at radius 2 is 1.70 bits per heavy atom. The Labute approximate surface area is 123 Å². The molecule has 1 aliphatic heterocycles. The Hall–Kier alpha value is -1.74. The minimum absolute atomic E-state index is 0.167. The van der Waals surface area contributed by atoms with Crippen LogP contribution in [0.4, 0.5) is 5.69 Å². The second-order valence-electron chi connectivity index (χ2n) is 4.82. The summed E-state index contributed by atoms with van der Waals surface area (Å²) in [6.07, 6.45) is 2.01. The van der Waals surface area contributed by atoms with E-state index in [4.69, 9.17) is 0 Å². The number of anilines is 1. The van der Waals surface area contributed by atoms with Gasteiger partial charge in [0.25, 0.3) is 5.91 Å². The predicted octanol–water partition coefficient (Wildman–Crippen LogP) is 3.66. The molecule has 1 heterocycles. The highest BCUT2D eigenvalue weighted by atomic mass is 32.2. The highest BCUT2D eigenvalue weighted by molar-refractivity contribution is 8.00. The SMILES string of the molecule is CCN1C(=O)C(SC)(c2ccccc2)c2ccccc21. The van der Waals surface area contributed by atoms with Gasteiger partial charge in [-0.25, -0.2) is 0 Å². The molecule has 1 amide bonds. The highest BCUT2D eigenvalue weighted by Gasteiger charge is 2.51. The zero-order chi connectivity index (χ0) is 14.2. The Bertz CT molecular complexity index is 640. The third kappa shape index (κ3) is 1.63. The molecule has 0 aromatic heterocycles. The second kappa shape index (κ2) is 4.98. The summed E-state index contributed by atoms with van der Waals surface area (Å²) in [6.45, 7) is 2.72. The van der Waals surface area contributed by atoms with Gasteiger partial charge in [0.1, 0.15) is 4.75 Å². The molecule has 0 bridgehead atoms. The Morgan fingerprint density at radius 3 is 2.35 bits per heavy atom. The van der Waals surface area contributed by atoms with Crippen LogP contribution in [0.3, 0.4) is 0 Å². The van der Waals surface area contributed by atoms with Gasteiger partial charge in [-0.05, 0) is 24.8 Å². The van der Waals surface area contributed by atoms with Crippen molar-refractivity contribution >= 4 is 23.4 Å². The third-order valence-electron chi connectivity index (χ3n) is 3.92. The first kappa shape index (κ1) is 13.3. The van der Waals surface area contributed by atoms with Gasteiger partial charge in [0.05, 0.1) is 0 Å². The van der Waals surface area contributed by atoms with Gasteiger partial charge in [-0.3, -0.25) is 4.79 Å². The molecule has 1 aliphatic rings. The number of hydrogen-bond acceptors (Lipinski definition) is 2. The van der Waals surface area contributed by atoms with Crippen LogP contribution in [0.25, 0.3) is 0 Å². The standard InChI is InChI=1S/C17H17NOS/c1-3-18-15-12-8-7-11-14(15)17(20-2,16(18)19)13-9-5-4-6-10-13/h4-12H,3H2,1-2H3. The summed E-state index contributed by atoms with van der Waals surface area (Å²) in [6, 6.07) is 18.2. The molecule has 2 aromatic carbocycles. The van der Waals surface area contributed by atoms with E-state index >= 15 is 0 Å². The lowest BCUT2D eigenvalue weighted by atomic mass is 9.91. The van der Waals surface area contributed by atoms with Crippen LogP contribution in [0.5, 0.6) is 0 Å². The van der Waals surface area contributed by atoms with Crippen molar-refractivity contribution in [2.45, 2.75) is 11.7 Å². The summed E-state index contributed by atoms with van der Waals surface area (Å²) in [7, 11) is 0. The number of carbonyl (C=O) groups is 1. The van der Waals surface area contributed by atoms with Crippen LogP contribution < -0.4 is 4.90 Å². The van der Waals surface area contributed by atoms with Crippen molar-refractivity contribution in [3.8, 4) is 0 Å². The molecule has 3 heteroatoms. The minimum atomic E-state index is -0.603. The van der Waals surface area contributed by atoms with Gasteiger partial charge in [-0.15, -0.1) is 11.8 Å². The van der Waals surface area contributed by atoms with E-state index in [-0.39, 0.29) is 5.91 Å². The first-order valence-electron chi connectivity index (χ1n) is 6.78. The molecule has 0 saturated heterocycles. The molecule has 0 saturated carbocycles. The van der Waals surface area contributed by atoms with Crippen LogP contribution >= 0.6 is 11.8 Å². The van der Waals surface area contributed by atoms with E-state index in [1.54, 1.807) is 11.8 Å². The zero-order valence-corrected chi connectivity index (χ0v) is 12.5. The van der Waals surface area contributed by atoms with Crippen molar-refractivity contribution < 1.29 is 4.79 Å². The Kier molecular flexibility index (Phi) is 3.30. The quantitative estimate of drug-likeness (QED) is 0.857. The van der Waals surface area contributed by atoms with Gasteiger partial charge in [-0.2, -0.15) is 0 Å². The van der Waals surface area contributed by atoms with E-state index in [9.17, 15) is 4.79 Å². The van der Waals surface area contributed by atoms with Gasteiger partial charge in [0.2, 0.25) is 0 Å². The number of hydrogen-bond donors (Lipinski definition) is 0. The molecule has 0 spiro atoms. The maximum absolute atomic E-state index is 13.1. The maximum Gasteiger partial charge on any atom is 0.252 e. The number of thioether (sulfide) groups is 1. The van der Waals surface area contributed by atoms with Crippen LogP contribution in [0.2, 0.25) is 0 Å². The van der Waals surface area contributed by atoms with Crippen molar-refractivity contribution in [1.29, 1.82) is 0 Å². The molecule has 0 N–H and O–H groups in total. The van der Waals surface area contributed by atoms with E-state index in [1.807, 2.05) is 66.6 Å². The maximum atomic E-state index is 13.1. The lowest BCUT2D eigenvalue weighted by Crippen LogP contribution is -2.38. The van der Waals surface area contributed by atoms with Gasteiger partial charge in [0.15, 0.2) is 0 Å². The van der Waals surface area contributed by atoms with Crippen LogP contribution in [-0.2, 0) is 9.54 Å². The molecule has 1 unspecified atom stereocenters. The van der Waals surface area contributed by atoms with Gasteiger partial charge >= 0.3 is 0 Å². The number of fused-ring (bicyclic) bond motifs is 1. The van der Waals surface area contributed by atoms with Crippen molar-refractivity contribution in [1.82, 2.24) is 0 Å². The van der Waals surface area contributed by atoms with E-state index < -0.39 is 4.75 Å². The second-order valence-corrected chi connectivity index (χ2v) is 5.84. The number of nitrogens with zero attached hydrogens (tertiary/aromatic N) is 1. The number of rotatable bonds is 3. The van der Waals surface area contributed by atoms with E-state index in [2.05, 4.69) is 6.07 Å². The molecule has 102 valence electrons. The van der Waals surface area contributed by atoms with Crippen molar-refractivity contribution in [2.75, 3.05) is 17.7 Å². The molecule has 0 radical (unpaired) electrons.